The predicted octanol–water partition coefficient (Wildman–Crippen LogP) is 0.461. The van der Waals surface area contributed by atoms with Crippen molar-refractivity contribution in [3.05, 3.63) is 54.6 Å². The summed E-state index contributed by atoms with van der Waals surface area (Å²) in [5.74, 6) is 0.673. The minimum atomic E-state index is -1.25. The van der Waals surface area contributed by atoms with Crippen molar-refractivity contribution in [2.75, 3.05) is 0 Å². The Kier molecular flexibility index (Phi) is 4.86. The maximum Gasteiger partial charge on any atom is 1.00 e. The van der Waals surface area contributed by atoms with E-state index in [-0.39, 0.29) is 20.3 Å². The molecule has 0 amide bonds. The van der Waals surface area contributed by atoms with Crippen LogP contribution >= 0.6 is 0 Å². The fourth-order valence-electron chi connectivity index (χ4n) is 2.21. The van der Waals surface area contributed by atoms with E-state index in [4.69, 9.17) is 0 Å². The molecule has 0 N–H and O–H groups in total. The van der Waals surface area contributed by atoms with Gasteiger partial charge < -0.3 is 1.43 Å². The van der Waals surface area contributed by atoms with Gasteiger partial charge >= 0.3 is 18.9 Å². The molecule has 0 radical (unpaired) electrons. The van der Waals surface area contributed by atoms with E-state index in [0.717, 1.165) is 0 Å². The predicted molar refractivity (Wildman–Crippen MR) is 71.2 cm³/mol. The summed E-state index contributed by atoms with van der Waals surface area (Å²) in [5.41, 5.74) is 0. The van der Waals surface area contributed by atoms with Crippen LogP contribution in [0.2, 0.25) is 19.1 Å². The smallest absolute Gasteiger partial charge is 1.00 e. The summed E-state index contributed by atoms with van der Waals surface area (Å²) in [6, 6.07) is 12.3. The minimum absolute atomic E-state index is 0. The quantitative estimate of drug-likeness (QED) is 0.652. The topological polar surface area (TPSA) is 0 Å². The van der Waals surface area contributed by atoms with Gasteiger partial charge in [-0.2, -0.15) is 0 Å². The van der Waals surface area contributed by atoms with Crippen molar-refractivity contribution in [1.82, 2.24) is 0 Å². The molecule has 0 saturated carbocycles. The first-order valence-electron chi connectivity index (χ1n) is 5.59. The van der Waals surface area contributed by atoms with Crippen molar-refractivity contribution in [3.8, 4) is 0 Å². The number of benzene rings is 1. The first-order chi connectivity index (χ1) is 7.18. The third kappa shape index (κ3) is 3.25. The van der Waals surface area contributed by atoms with E-state index >= 15 is 0 Å². The Morgan fingerprint density at radius 1 is 1.06 bits per heavy atom. The van der Waals surface area contributed by atoms with Gasteiger partial charge in [0.15, 0.2) is 0 Å². The van der Waals surface area contributed by atoms with Gasteiger partial charge in [-0.05, 0) is 12.0 Å². The van der Waals surface area contributed by atoms with E-state index in [2.05, 4.69) is 67.7 Å². The standard InChI is InChI=1S/C14H18Si.Li.H/c1-15(2,12-13-8-6-7-9-13)14-10-4-3-5-11-14;;/h3-11,13H,12H2,1-2H3;;/q;+1;-1. The summed E-state index contributed by atoms with van der Waals surface area (Å²) in [6.07, 6.45) is 8.97. The Hall–Kier alpha value is -0.486. The number of hydrogen-bond donors (Lipinski definition) is 0. The molecule has 0 aliphatic heterocycles. The molecule has 0 heterocycles. The van der Waals surface area contributed by atoms with Crippen molar-refractivity contribution >= 4 is 13.3 Å². The first-order valence-corrected chi connectivity index (χ1v) is 8.80. The molecular weight excluding hydrogens is 203 g/mol. The summed E-state index contributed by atoms with van der Waals surface area (Å²) in [4.78, 5) is 0. The van der Waals surface area contributed by atoms with E-state index in [1.165, 1.54) is 6.04 Å². The number of rotatable bonds is 3. The largest absolute Gasteiger partial charge is 1.00 e. The van der Waals surface area contributed by atoms with Crippen molar-refractivity contribution in [2.24, 2.45) is 5.92 Å². The van der Waals surface area contributed by atoms with Gasteiger partial charge in [0, 0.05) is 0 Å². The average molecular weight is 222 g/mol. The summed E-state index contributed by atoms with van der Waals surface area (Å²) in [5, 5.41) is 1.57. The Balaban J connectivity index is 0.00000128. The van der Waals surface area contributed by atoms with Crippen LogP contribution in [0.1, 0.15) is 1.43 Å². The Morgan fingerprint density at radius 2 is 1.62 bits per heavy atom. The second-order valence-electron chi connectivity index (χ2n) is 4.89. The molecule has 80 valence electrons. The van der Waals surface area contributed by atoms with Crippen LogP contribution in [0.4, 0.5) is 0 Å². The molecule has 0 unspecified atom stereocenters. The summed E-state index contributed by atoms with van der Waals surface area (Å²) in [6.45, 7) is 4.92. The van der Waals surface area contributed by atoms with Crippen LogP contribution in [0.15, 0.2) is 54.6 Å². The van der Waals surface area contributed by atoms with Gasteiger partial charge in [0.25, 0.3) is 0 Å². The van der Waals surface area contributed by atoms with Crippen LogP contribution in [-0.4, -0.2) is 8.07 Å². The number of hydrogen-bond acceptors (Lipinski definition) is 0. The van der Waals surface area contributed by atoms with Crippen molar-refractivity contribution < 1.29 is 20.3 Å². The molecule has 2 heteroatoms. The van der Waals surface area contributed by atoms with E-state index < -0.39 is 8.07 Å². The van der Waals surface area contributed by atoms with Gasteiger partial charge in [-0.3, -0.25) is 0 Å². The van der Waals surface area contributed by atoms with Gasteiger partial charge in [0.05, 0.1) is 8.07 Å². The third-order valence-electron chi connectivity index (χ3n) is 3.13. The maximum atomic E-state index is 2.46. The molecule has 0 atom stereocenters. The van der Waals surface area contributed by atoms with E-state index in [9.17, 15) is 0 Å². The van der Waals surface area contributed by atoms with Gasteiger partial charge in [0.2, 0.25) is 0 Å². The van der Waals surface area contributed by atoms with Crippen LogP contribution in [0.3, 0.4) is 0 Å². The van der Waals surface area contributed by atoms with Crippen LogP contribution in [0.5, 0.6) is 0 Å². The van der Waals surface area contributed by atoms with E-state index in [1.54, 1.807) is 5.19 Å². The zero-order chi connectivity index (χ0) is 10.7. The first kappa shape index (κ1) is 13.6. The second-order valence-corrected chi connectivity index (χ2v) is 9.64. The van der Waals surface area contributed by atoms with Crippen molar-refractivity contribution in [2.45, 2.75) is 19.1 Å². The summed E-state index contributed by atoms with van der Waals surface area (Å²) >= 11 is 0. The molecule has 2 rings (SSSR count). The molecule has 0 fully saturated rings. The molecule has 16 heavy (non-hydrogen) atoms. The molecule has 0 bridgehead atoms. The molecule has 0 spiro atoms. The minimum Gasteiger partial charge on any atom is -1.00 e. The molecule has 1 aliphatic carbocycles. The fraction of sp³-hybridized carbons (Fsp3) is 0.286. The Labute approximate surface area is 113 Å². The van der Waals surface area contributed by atoms with Gasteiger partial charge in [-0.15, -0.1) is 0 Å². The fourth-order valence-corrected chi connectivity index (χ4v) is 4.99. The molecule has 1 aromatic rings. The van der Waals surface area contributed by atoms with Gasteiger partial charge in [0.1, 0.15) is 0 Å². The zero-order valence-corrected chi connectivity index (χ0v) is 11.5. The van der Waals surface area contributed by atoms with E-state index in [1.807, 2.05) is 0 Å². The van der Waals surface area contributed by atoms with E-state index in [0.29, 0.717) is 5.92 Å². The van der Waals surface area contributed by atoms with Crippen LogP contribution in [-0.2, 0) is 0 Å². The van der Waals surface area contributed by atoms with Crippen LogP contribution < -0.4 is 24.0 Å². The van der Waals surface area contributed by atoms with Gasteiger partial charge in [-0.25, -0.2) is 0 Å². The Bertz CT molecular complexity index is 372. The molecule has 0 nitrogen and oxygen atoms in total. The molecule has 1 aromatic carbocycles. The molecular formula is C14H19LiSi. The summed E-state index contributed by atoms with van der Waals surface area (Å²) < 4.78 is 0. The molecule has 0 aromatic heterocycles. The normalized spacial score (nSPS) is 15.1. The second kappa shape index (κ2) is 5.73. The van der Waals surface area contributed by atoms with Crippen LogP contribution in [0, 0.1) is 5.92 Å². The molecule has 0 saturated heterocycles. The molecule has 1 aliphatic rings. The Morgan fingerprint density at radius 3 is 2.19 bits per heavy atom. The summed E-state index contributed by atoms with van der Waals surface area (Å²) in [7, 11) is -1.25. The SMILES string of the molecule is C[Si](C)(CC1C=CC=C1)c1ccccc1.[H-].[Li+]. The van der Waals surface area contributed by atoms with Crippen molar-refractivity contribution in [1.29, 1.82) is 0 Å². The number of allylic oxidation sites excluding steroid dienone is 4. The van der Waals surface area contributed by atoms with Crippen molar-refractivity contribution in [3.63, 3.8) is 0 Å². The maximum absolute atomic E-state index is 2.46. The van der Waals surface area contributed by atoms with Crippen LogP contribution in [0.25, 0.3) is 0 Å². The van der Waals surface area contributed by atoms with Gasteiger partial charge in [-0.1, -0.05) is 72.9 Å². The monoisotopic (exact) mass is 222 g/mol. The zero-order valence-electron chi connectivity index (χ0n) is 11.5. The average Bonchev–Trinajstić information content (AvgIpc) is 2.71. The third-order valence-corrected chi connectivity index (χ3v) is 6.52.